The molecule has 3 atom stereocenters. The van der Waals surface area contributed by atoms with E-state index in [1.54, 1.807) is 11.3 Å². The second-order valence-electron chi connectivity index (χ2n) is 5.87. The van der Waals surface area contributed by atoms with Gasteiger partial charge in [0.05, 0.1) is 12.6 Å². The zero-order valence-electron chi connectivity index (χ0n) is 12.1. The summed E-state index contributed by atoms with van der Waals surface area (Å²) in [6, 6.07) is 4.05. The van der Waals surface area contributed by atoms with Gasteiger partial charge in [-0.2, -0.15) is 0 Å². The molecule has 1 amide bonds. The maximum Gasteiger partial charge on any atom is 0.237 e. The highest BCUT2D eigenvalue weighted by Gasteiger charge is 2.28. The Labute approximate surface area is 120 Å². The van der Waals surface area contributed by atoms with Crippen molar-refractivity contribution in [3.63, 3.8) is 0 Å². The Balaban J connectivity index is 1.84. The number of piperidine rings is 1. The first-order chi connectivity index (χ1) is 9.06. The van der Waals surface area contributed by atoms with Crippen LogP contribution in [0.5, 0.6) is 0 Å². The molecule has 1 aromatic heterocycles. The van der Waals surface area contributed by atoms with Crippen LogP contribution in [0.2, 0.25) is 0 Å². The third kappa shape index (κ3) is 4.05. The summed E-state index contributed by atoms with van der Waals surface area (Å²) in [5, 5.41) is 5.08. The van der Waals surface area contributed by atoms with Crippen molar-refractivity contribution in [1.82, 2.24) is 10.2 Å². The van der Waals surface area contributed by atoms with Crippen LogP contribution in [0.25, 0.3) is 0 Å². The molecule has 0 saturated carbocycles. The number of hydrogen-bond acceptors (Lipinski definition) is 3. The molecular formula is C15H24N2OS. The molecular weight excluding hydrogens is 256 g/mol. The molecule has 1 aliphatic rings. The minimum atomic E-state index is -0.0230. The van der Waals surface area contributed by atoms with Crippen LogP contribution in [-0.4, -0.2) is 29.9 Å². The highest BCUT2D eigenvalue weighted by atomic mass is 32.1. The van der Waals surface area contributed by atoms with Crippen LogP contribution < -0.4 is 5.32 Å². The molecule has 3 nitrogen and oxygen atoms in total. The number of rotatable bonds is 4. The van der Waals surface area contributed by atoms with E-state index in [1.165, 1.54) is 11.3 Å². The van der Waals surface area contributed by atoms with Crippen molar-refractivity contribution in [3.05, 3.63) is 22.4 Å². The standard InChI is InChI=1S/C15H24N2OS/c1-11-7-12(2)10-17(9-11)13(3)15(18)16-8-14-5-4-6-19-14/h4-6,11-13H,7-10H2,1-3H3,(H,16,18). The number of nitrogens with one attached hydrogen (secondary N) is 1. The molecule has 0 spiro atoms. The van der Waals surface area contributed by atoms with Crippen LogP contribution in [0, 0.1) is 11.8 Å². The van der Waals surface area contributed by atoms with Gasteiger partial charge in [0.1, 0.15) is 0 Å². The van der Waals surface area contributed by atoms with Gasteiger partial charge in [-0.25, -0.2) is 0 Å². The molecule has 2 heterocycles. The van der Waals surface area contributed by atoms with Crippen LogP contribution in [-0.2, 0) is 11.3 Å². The van der Waals surface area contributed by atoms with Crippen molar-refractivity contribution < 1.29 is 4.79 Å². The van der Waals surface area contributed by atoms with Crippen molar-refractivity contribution in [2.75, 3.05) is 13.1 Å². The fraction of sp³-hybridized carbons (Fsp3) is 0.667. The first-order valence-electron chi connectivity index (χ1n) is 7.10. The molecule has 19 heavy (non-hydrogen) atoms. The van der Waals surface area contributed by atoms with Gasteiger partial charge in [-0.3, -0.25) is 9.69 Å². The van der Waals surface area contributed by atoms with Gasteiger partial charge in [-0.1, -0.05) is 19.9 Å². The van der Waals surface area contributed by atoms with Crippen LogP contribution in [0.15, 0.2) is 17.5 Å². The Kier molecular flexibility index (Phi) is 4.99. The molecule has 1 saturated heterocycles. The van der Waals surface area contributed by atoms with Gasteiger partial charge in [-0.15, -0.1) is 11.3 Å². The van der Waals surface area contributed by atoms with E-state index in [9.17, 15) is 4.79 Å². The number of likely N-dealkylation sites (tertiary alicyclic amines) is 1. The van der Waals surface area contributed by atoms with Gasteiger partial charge < -0.3 is 5.32 Å². The van der Waals surface area contributed by atoms with E-state index in [0.717, 1.165) is 13.1 Å². The summed E-state index contributed by atoms with van der Waals surface area (Å²) in [5.74, 6) is 1.53. The lowest BCUT2D eigenvalue weighted by Crippen LogP contribution is -2.50. The van der Waals surface area contributed by atoms with Gasteiger partial charge in [0.2, 0.25) is 5.91 Å². The fourth-order valence-electron chi connectivity index (χ4n) is 2.93. The third-order valence-electron chi connectivity index (χ3n) is 3.84. The molecule has 4 heteroatoms. The molecule has 2 rings (SSSR count). The van der Waals surface area contributed by atoms with Crippen LogP contribution >= 0.6 is 11.3 Å². The fourth-order valence-corrected chi connectivity index (χ4v) is 3.57. The quantitative estimate of drug-likeness (QED) is 0.920. The molecule has 0 radical (unpaired) electrons. The zero-order chi connectivity index (χ0) is 13.8. The van der Waals surface area contributed by atoms with Gasteiger partial charge in [0.25, 0.3) is 0 Å². The normalized spacial score (nSPS) is 26.1. The lowest BCUT2D eigenvalue weighted by Gasteiger charge is -2.38. The average molecular weight is 280 g/mol. The van der Waals surface area contributed by atoms with Crippen LogP contribution in [0.4, 0.5) is 0 Å². The number of carbonyl (C=O) groups excluding carboxylic acids is 1. The molecule has 3 unspecified atom stereocenters. The Morgan fingerprint density at radius 3 is 2.74 bits per heavy atom. The Morgan fingerprint density at radius 1 is 1.47 bits per heavy atom. The largest absolute Gasteiger partial charge is 0.350 e. The highest BCUT2D eigenvalue weighted by molar-refractivity contribution is 7.09. The Hall–Kier alpha value is -0.870. The Bertz CT molecular complexity index is 394. The van der Waals surface area contributed by atoms with Crippen LogP contribution in [0.1, 0.15) is 32.1 Å². The number of hydrogen-bond donors (Lipinski definition) is 1. The summed E-state index contributed by atoms with van der Waals surface area (Å²) < 4.78 is 0. The van der Waals surface area contributed by atoms with Gasteiger partial charge >= 0.3 is 0 Å². The molecule has 1 fully saturated rings. The van der Waals surface area contributed by atoms with E-state index in [1.807, 2.05) is 18.4 Å². The number of carbonyl (C=O) groups is 1. The average Bonchev–Trinajstić information content (AvgIpc) is 2.87. The summed E-state index contributed by atoms with van der Waals surface area (Å²) in [7, 11) is 0. The molecule has 1 aliphatic heterocycles. The summed E-state index contributed by atoms with van der Waals surface area (Å²) >= 11 is 1.68. The molecule has 1 aromatic rings. The van der Waals surface area contributed by atoms with E-state index in [2.05, 4.69) is 30.1 Å². The van der Waals surface area contributed by atoms with Crippen molar-refractivity contribution in [2.24, 2.45) is 11.8 Å². The number of amides is 1. The molecule has 1 N–H and O–H groups in total. The lowest BCUT2D eigenvalue weighted by molar-refractivity contribution is -0.127. The second-order valence-corrected chi connectivity index (χ2v) is 6.91. The summed E-state index contributed by atoms with van der Waals surface area (Å²) in [6.45, 7) is 9.31. The SMILES string of the molecule is CC1CC(C)CN(C(C)C(=O)NCc2cccs2)C1. The number of thiophene rings is 1. The summed E-state index contributed by atoms with van der Waals surface area (Å²) in [6.07, 6.45) is 1.28. The zero-order valence-corrected chi connectivity index (χ0v) is 12.9. The van der Waals surface area contributed by atoms with Gasteiger partial charge in [-0.05, 0) is 36.6 Å². The maximum absolute atomic E-state index is 12.2. The topological polar surface area (TPSA) is 32.3 Å². The first-order valence-corrected chi connectivity index (χ1v) is 7.98. The molecule has 0 aromatic carbocycles. The smallest absolute Gasteiger partial charge is 0.237 e. The second kappa shape index (κ2) is 6.53. The van der Waals surface area contributed by atoms with Crippen LogP contribution in [0.3, 0.4) is 0 Å². The van der Waals surface area contributed by atoms with E-state index >= 15 is 0 Å². The Morgan fingerprint density at radius 2 is 2.16 bits per heavy atom. The molecule has 106 valence electrons. The monoisotopic (exact) mass is 280 g/mol. The maximum atomic E-state index is 12.2. The van der Waals surface area contributed by atoms with E-state index in [-0.39, 0.29) is 11.9 Å². The first kappa shape index (κ1) is 14.5. The molecule has 0 bridgehead atoms. The minimum Gasteiger partial charge on any atom is -0.350 e. The van der Waals surface area contributed by atoms with E-state index in [0.29, 0.717) is 18.4 Å². The predicted molar refractivity (Wildman–Crippen MR) is 80.1 cm³/mol. The predicted octanol–water partition coefficient (Wildman–Crippen LogP) is 2.73. The molecule has 0 aliphatic carbocycles. The van der Waals surface area contributed by atoms with Crippen molar-refractivity contribution in [2.45, 2.75) is 39.8 Å². The van der Waals surface area contributed by atoms with Crippen molar-refractivity contribution in [1.29, 1.82) is 0 Å². The lowest BCUT2D eigenvalue weighted by atomic mass is 9.91. The third-order valence-corrected chi connectivity index (χ3v) is 4.72. The number of nitrogens with zero attached hydrogens (tertiary/aromatic N) is 1. The van der Waals surface area contributed by atoms with Gasteiger partial charge in [0.15, 0.2) is 0 Å². The highest BCUT2D eigenvalue weighted by Crippen LogP contribution is 2.22. The summed E-state index contributed by atoms with van der Waals surface area (Å²) in [5.41, 5.74) is 0. The van der Waals surface area contributed by atoms with E-state index in [4.69, 9.17) is 0 Å². The van der Waals surface area contributed by atoms with Crippen molar-refractivity contribution >= 4 is 17.2 Å². The summed E-state index contributed by atoms with van der Waals surface area (Å²) in [4.78, 5) is 15.7. The van der Waals surface area contributed by atoms with E-state index < -0.39 is 0 Å². The van der Waals surface area contributed by atoms with Gasteiger partial charge in [0, 0.05) is 18.0 Å². The van der Waals surface area contributed by atoms with Crippen molar-refractivity contribution in [3.8, 4) is 0 Å². The minimum absolute atomic E-state index is 0.0230.